The fourth-order valence-electron chi connectivity index (χ4n) is 2.35. The number of H-pyrrole nitrogens is 3. The van der Waals surface area contributed by atoms with Crippen molar-refractivity contribution in [1.29, 1.82) is 0 Å². The first kappa shape index (κ1) is 10.4. The highest BCUT2D eigenvalue weighted by Crippen LogP contribution is 2.26. The number of hydrogen-bond acceptors (Lipinski definition) is 2. The second-order valence-corrected chi connectivity index (χ2v) is 4.76. The van der Waals surface area contributed by atoms with Crippen LogP contribution in [0.3, 0.4) is 0 Å². The molecule has 0 unspecified atom stereocenters. The van der Waals surface area contributed by atoms with Crippen LogP contribution < -0.4 is 16.1 Å². The van der Waals surface area contributed by atoms with Crippen molar-refractivity contribution in [2.24, 2.45) is 0 Å². The minimum atomic E-state index is -0.0763. The van der Waals surface area contributed by atoms with Gasteiger partial charge in [0.25, 0.3) is 5.56 Å². The van der Waals surface area contributed by atoms with Crippen molar-refractivity contribution in [2.45, 2.75) is 12.8 Å². The first-order chi connectivity index (χ1) is 9.33. The molecule has 1 aliphatic rings. The second kappa shape index (κ2) is 3.71. The van der Waals surface area contributed by atoms with Crippen LogP contribution in [0, 0.1) is 0 Å². The Kier molecular flexibility index (Phi) is 2.03. The van der Waals surface area contributed by atoms with Crippen LogP contribution in [-0.4, -0.2) is 20.2 Å². The normalized spacial score (nSPS) is 15.4. The van der Waals surface area contributed by atoms with Crippen molar-refractivity contribution in [3.8, 4) is 0 Å². The van der Waals surface area contributed by atoms with E-state index in [1.807, 2.05) is 24.4 Å². The second-order valence-electron chi connectivity index (χ2n) is 4.76. The molecule has 3 heterocycles. The third-order valence-electron chi connectivity index (χ3n) is 3.45. The number of nitrogens with one attached hydrogen (secondary N) is 3. The van der Waals surface area contributed by atoms with Gasteiger partial charge in [-0.15, -0.1) is 0 Å². The molecule has 3 N–H and O–H groups in total. The van der Waals surface area contributed by atoms with Gasteiger partial charge in [0, 0.05) is 23.3 Å². The summed E-state index contributed by atoms with van der Waals surface area (Å²) in [5, 5.41) is 8.30. The van der Waals surface area contributed by atoms with Crippen molar-refractivity contribution in [3.63, 3.8) is 0 Å². The van der Waals surface area contributed by atoms with Crippen LogP contribution in [-0.2, 0) is 0 Å². The van der Waals surface area contributed by atoms with Gasteiger partial charge in [0.2, 0.25) is 0 Å². The Balaban J connectivity index is 2.06. The van der Waals surface area contributed by atoms with Gasteiger partial charge in [-0.1, -0.05) is 0 Å². The van der Waals surface area contributed by atoms with Gasteiger partial charge in [-0.2, -0.15) is 0 Å². The Hall–Kier alpha value is -2.56. The largest absolute Gasteiger partial charge is 0.346 e. The molecule has 0 bridgehead atoms. The molecule has 5 nitrogen and oxygen atoms in total. The number of pyridine rings is 1. The van der Waals surface area contributed by atoms with Gasteiger partial charge < -0.3 is 4.98 Å². The molecule has 0 spiro atoms. The maximum absolute atomic E-state index is 11.9. The number of aromatic amines is 3. The third-order valence-corrected chi connectivity index (χ3v) is 3.45. The van der Waals surface area contributed by atoms with Crippen LogP contribution in [0.5, 0.6) is 0 Å². The van der Waals surface area contributed by atoms with E-state index in [9.17, 15) is 4.79 Å². The summed E-state index contributed by atoms with van der Waals surface area (Å²) in [6, 6.07) is 3.89. The summed E-state index contributed by atoms with van der Waals surface area (Å²) in [5.41, 5.74) is 3.05. The van der Waals surface area contributed by atoms with Crippen LogP contribution in [0.2, 0.25) is 0 Å². The molecule has 3 aromatic rings. The summed E-state index contributed by atoms with van der Waals surface area (Å²) in [5.74, 6) is 0. The van der Waals surface area contributed by atoms with E-state index < -0.39 is 0 Å². The summed E-state index contributed by atoms with van der Waals surface area (Å²) >= 11 is 0. The molecule has 19 heavy (non-hydrogen) atoms. The smallest absolute Gasteiger partial charge is 0.271 e. The van der Waals surface area contributed by atoms with Gasteiger partial charge in [0.1, 0.15) is 5.65 Å². The fourth-order valence-corrected chi connectivity index (χ4v) is 2.35. The Labute approximate surface area is 107 Å². The number of fused-ring (bicyclic) bond motifs is 1. The van der Waals surface area contributed by atoms with Crippen molar-refractivity contribution in [3.05, 3.63) is 51.0 Å². The molecule has 1 saturated carbocycles. The van der Waals surface area contributed by atoms with E-state index >= 15 is 0 Å². The Morgan fingerprint density at radius 3 is 3.00 bits per heavy atom. The summed E-state index contributed by atoms with van der Waals surface area (Å²) in [4.78, 5) is 19.2. The highest BCUT2D eigenvalue weighted by atomic mass is 16.1. The standard InChI is InChI=1S/C14H12N4O/c19-14-11(12(17-18-14)8-3-4-8)6-9-7-16-13-10(9)2-1-5-15-13/h1-2,5-7,17H,3-4H2,(H,15,16)(H,18,19)/b11-6-. The Morgan fingerprint density at radius 2 is 2.16 bits per heavy atom. The number of nitrogens with zero attached hydrogens (tertiary/aromatic N) is 1. The zero-order chi connectivity index (χ0) is 12.8. The molecule has 0 aliphatic heterocycles. The van der Waals surface area contributed by atoms with Gasteiger partial charge in [-0.05, 0) is 36.6 Å². The lowest BCUT2D eigenvalue weighted by Gasteiger charge is -1.88. The van der Waals surface area contributed by atoms with Crippen LogP contribution in [0.25, 0.3) is 22.7 Å². The Morgan fingerprint density at radius 1 is 1.26 bits per heavy atom. The van der Waals surface area contributed by atoms with Crippen molar-refractivity contribution in [1.82, 2.24) is 20.2 Å². The lowest BCUT2D eigenvalue weighted by Crippen LogP contribution is -2.33. The zero-order valence-electron chi connectivity index (χ0n) is 10.2. The fraction of sp³-hybridized carbons (Fsp3) is 0.143. The molecule has 0 amide bonds. The van der Waals surface area contributed by atoms with E-state index in [0.717, 1.165) is 34.8 Å². The molecule has 1 fully saturated rings. The number of rotatable bonds is 1. The van der Waals surface area contributed by atoms with Crippen LogP contribution in [0.4, 0.5) is 0 Å². The molecular formula is C14H12N4O. The summed E-state index contributed by atoms with van der Waals surface area (Å²) < 4.78 is 0. The van der Waals surface area contributed by atoms with Crippen molar-refractivity contribution < 1.29 is 0 Å². The van der Waals surface area contributed by atoms with E-state index in [2.05, 4.69) is 20.2 Å². The molecule has 5 heteroatoms. The highest BCUT2D eigenvalue weighted by molar-refractivity contribution is 5.85. The molecule has 0 saturated heterocycles. The minimum absolute atomic E-state index is 0.0763. The SMILES string of the molecule is O=c1[nH][nH]c(=C2CC2)/c1=C/c1c[nH]c2ncccc12. The molecular weight excluding hydrogens is 240 g/mol. The Bertz CT molecular complexity index is 936. The summed E-state index contributed by atoms with van der Waals surface area (Å²) in [6.45, 7) is 0. The lowest BCUT2D eigenvalue weighted by atomic mass is 10.2. The average Bonchev–Trinajstić information content (AvgIpc) is 3.10. The number of hydrogen-bond donors (Lipinski definition) is 3. The lowest BCUT2D eigenvalue weighted by molar-refractivity contribution is 1.03. The minimum Gasteiger partial charge on any atom is -0.346 e. The maximum Gasteiger partial charge on any atom is 0.271 e. The van der Waals surface area contributed by atoms with E-state index in [1.54, 1.807) is 6.20 Å². The quantitative estimate of drug-likeness (QED) is 0.584. The summed E-state index contributed by atoms with van der Waals surface area (Å²) in [7, 11) is 0. The van der Waals surface area contributed by atoms with Crippen LogP contribution in [0.1, 0.15) is 18.4 Å². The first-order valence-corrected chi connectivity index (χ1v) is 6.25. The molecule has 94 valence electrons. The van der Waals surface area contributed by atoms with Crippen LogP contribution in [0.15, 0.2) is 29.3 Å². The molecule has 1 aliphatic carbocycles. The molecule has 0 atom stereocenters. The molecule has 3 aromatic heterocycles. The van der Waals surface area contributed by atoms with Crippen molar-refractivity contribution in [2.75, 3.05) is 0 Å². The average molecular weight is 252 g/mol. The maximum atomic E-state index is 11.9. The van der Waals surface area contributed by atoms with E-state index in [1.165, 1.54) is 5.57 Å². The van der Waals surface area contributed by atoms with E-state index in [4.69, 9.17) is 0 Å². The first-order valence-electron chi connectivity index (χ1n) is 6.25. The van der Waals surface area contributed by atoms with Gasteiger partial charge in [0.15, 0.2) is 0 Å². The topological polar surface area (TPSA) is 77.3 Å². The predicted molar refractivity (Wildman–Crippen MR) is 73.0 cm³/mol. The van der Waals surface area contributed by atoms with Crippen molar-refractivity contribution >= 4 is 22.7 Å². The van der Waals surface area contributed by atoms with Gasteiger partial charge in [-0.25, -0.2) is 4.98 Å². The monoisotopic (exact) mass is 252 g/mol. The third kappa shape index (κ3) is 1.62. The molecule has 4 rings (SSSR count). The highest BCUT2D eigenvalue weighted by Gasteiger charge is 2.14. The van der Waals surface area contributed by atoms with Gasteiger partial charge >= 0.3 is 0 Å². The predicted octanol–water partition coefficient (Wildman–Crippen LogP) is 0.353. The molecule has 0 aromatic carbocycles. The van der Waals surface area contributed by atoms with Gasteiger partial charge in [0.05, 0.1) is 10.6 Å². The zero-order valence-corrected chi connectivity index (χ0v) is 10.2. The molecule has 0 radical (unpaired) electrons. The number of aromatic nitrogens is 4. The van der Waals surface area contributed by atoms with E-state index in [0.29, 0.717) is 5.22 Å². The summed E-state index contributed by atoms with van der Waals surface area (Å²) in [6.07, 6.45) is 7.69. The van der Waals surface area contributed by atoms with Crippen LogP contribution >= 0.6 is 0 Å². The van der Waals surface area contributed by atoms with E-state index in [-0.39, 0.29) is 5.56 Å². The van der Waals surface area contributed by atoms with Gasteiger partial charge in [-0.3, -0.25) is 15.0 Å².